The lowest BCUT2D eigenvalue weighted by atomic mass is 10.1. The van der Waals surface area contributed by atoms with Crippen molar-refractivity contribution >= 4 is 13.1 Å². The Hall–Kier alpha value is -0.990. The van der Waals surface area contributed by atoms with Crippen LogP contribution in [-0.4, -0.2) is 24.3 Å². The van der Waals surface area contributed by atoms with Crippen LogP contribution in [0, 0.1) is 0 Å². The number of ether oxygens (including phenoxy) is 1. The Morgan fingerprint density at radius 1 is 1.50 bits per heavy atom. The average molecular weight is 243 g/mol. The lowest BCUT2D eigenvalue weighted by Gasteiger charge is -2.10. The number of anilines is 1. The molecule has 90 valence electrons. The summed E-state index contributed by atoms with van der Waals surface area (Å²) in [5, 5.41) is 0. The number of aryl methyl sites for hydroxylation is 1. The predicted octanol–water partition coefficient (Wildman–Crippen LogP) is 2.11. The zero-order chi connectivity index (χ0) is 12.2. The van der Waals surface area contributed by atoms with E-state index in [1.807, 2.05) is 12.1 Å². The maximum atomic E-state index is 11.5. The van der Waals surface area contributed by atoms with Crippen molar-refractivity contribution in [3.05, 3.63) is 23.8 Å². The number of nitrogen functional groups attached to an aromatic ring is 1. The van der Waals surface area contributed by atoms with Crippen LogP contribution in [0.5, 0.6) is 5.75 Å². The van der Waals surface area contributed by atoms with Crippen LogP contribution in [0.4, 0.5) is 5.69 Å². The van der Waals surface area contributed by atoms with Gasteiger partial charge in [0, 0.05) is 12.3 Å². The van der Waals surface area contributed by atoms with E-state index in [9.17, 15) is 9.46 Å². The van der Waals surface area contributed by atoms with Crippen molar-refractivity contribution in [2.45, 2.75) is 13.3 Å². The molecule has 0 fully saturated rings. The number of methoxy groups -OCH3 is 1. The highest BCUT2D eigenvalue weighted by Crippen LogP contribution is 2.40. The van der Waals surface area contributed by atoms with Gasteiger partial charge in [-0.25, -0.2) is 0 Å². The van der Waals surface area contributed by atoms with E-state index in [2.05, 4.69) is 0 Å². The van der Waals surface area contributed by atoms with E-state index in [4.69, 9.17) is 10.5 Å². The fourth-order valence-electron chi connectivity index (χ4n) is 1.37. The maximum Gasteiger partial charge on any atom is 0.200 e. The molecule has 0 bridgehead atoms. The van der Waals surface area contributed by atoms with Crippen LogP contribution >= 0.6 is 7.37 Å². The quantitative estimate of drug-likeness (QED) is 0.613. The second-order valence-corrected chi connectivity index (χ2v) is 6.48. The molecule has 1 aromatic carbocycles. The van der Waals surface area contributed by atoms with Crippen LogP contribution in [0.15, 0.2) is 18.2 Å². The van der Waals surface area contributed by atoms with E-state index in [0.29, 0.717) is 30.2 Å². The SMILES string of the molecule is CCP(=O)(O)CCc1ccc(N)c(OC)c1. The first-order valence-electron chi connectivity index (χ1n) is 5.21. The lowest BCUT2D eigenvalue weighted by Crippen LogP contribution is -1.98. The van der Waals surface area contributed by atoms with Crippen LogP contribution in [0.25, 0.3) is 0 Å². The van der Waals surface area contributed by atoms with Crippen LogP contribution in [0.3, 0.4) is 0 Å². The first-order chi connectivity index (χ1) is 7.48. The summed E-state index contributed by atoms with van der Waals surface area (Å²) in [6.07, 6.45) is 1.19. The molecule has 0 aliphatic rings. The van der Waals surface area contributed by atoms with E-state index >= 15 is 0 Å². The van der Waals surface area contributed by atoms with Gasteiger partial charge in [0.25, 0.3) is 0 Å². The highest BCUT2D eigenvalue weighted by Gasteiger charge is 2.14. The van der Waals surface area contributed by atoms with Gasteiger partial charge in [-0.05, 0) is 24.1 Å². The molecule has 0 spiro atoms. The number of benzene rings is 1. The number of rotatable bonds is 5. The molecule has 0 aliphatic heterocycles. The smallest absolute Gasteiger partial charge is 0.200 e. The predicted molar refractivity (Wildman–Crippen MR) is 66.3 cm³/mol. The fraction of sp³-hybridized carbons (Fsp3) is 0.455. The molecule has 1 aromatic rings. The molecule has 0 amide bonds. The molecule has 0 aliphatic carbocycles. The summed E-state index contributed by atoms with van der Waals surface area (Å²) in [5.74, 6) is 0.613. The Kier molecular flexibility index (Phi) is 4.39. The molecular formula is C11H18NO3P. The Bertz CT molecular complexity index is 406. The Labute approximate surface area is 95.9 Å². The molecule has 1 atom stereocenters. The largest absolute Gasteiger partial charge is 0.495 e. The van der Waals surface area contributed by atoms with Crippen LogP contribution in [-0.2, 0) is 11.0 Å². The van der Waals surface area contributed by atoms with Crippen molar-refractivity contribution in [3.8, 4) is 5.75 Å². The normalized spacial score (nSPS) is 14.4. The van der Waals surface area contributed by atoms with Gasteiger partial charge in [-0.3, -0.25) is 4.57 Å². The molecule has 0 radical (unpaired) electrons. The first kappa shape index (κ1) is 13.1. The van der Waals surface area contributed by atoms with Gasteiger partial charge in [0.2, 0.25) is 7.37 Å². The van der Waals surface area contributed by atoms with Crippen LogP contribution in [0.2, 0.25) is 0 Å². The molecule has 1 unspecified atom stereocenters. The summed E-state index contributed by atoms with van der Waals surface area (Å²) in [6, 6.07) is 5.42. The van der Waals surface area contributed by atoms with Gasteiger partial charge in [0.05, 0.1) is 12.8 Å². The molecule has 0 aromatic heterocycles. The molecule has 0 saturated carbocycles. The van der Waals surface area contributed by atoms with E-state index in [1.54, 1.807) is 20.1 Å². The highest BCUT2D eigenvalue weighted by molar-refractivity contribution is 7.57. The van der Waals surface area contributed by atoms with Crippen molar-refractivity contribution in [1.82, 2.24) is 0 Å². The topological polar surface area (TPSA) is 72.5 Å². The summed E-state index contributed by atoms with van der Waals surface area (Å²) in [7, 11) is -1.39. The zero-order valence-corrected chi connectivity index (χ0v) is 10.5. The molecule has 16 heavy (non-hydrogen) atoms. The Morgan fingerprint density at radius 3 is 2.75 bits per heavy atom. The summed E-state index contributed by atoms with van der Waals surface area (Å²) in [6.45, 7) is 1.73. The molecule has 5 heteroatoms. The van der Waals surface area contributed by atoms with Crippen molar-refractivity contribution in [3.63, 3.8) is 0 Å². The summed E-state index contributed by atoms with van der Waals surface area (Å²) in [5.41, 5.74) is 7.22. The third kappa shape index (κ3) is 3.54. The van der Waals surface area contributed by atoms with E-state index in [1.165, 1.54) is 0 Å². The number of nitrogens with two attached hydrogens (primary N) is 1. The second-order valence-electron chi connectivity index (χ2n) is 3.71. The van der Waals surface area contributed by atoms with Crippen molar-refractivity contribution < 1.29 is 14.2 Å². The van der Waals surface area contributed by atoms with Gasteiger partial charge in [-0.2, -0.15) is 0 Å². The van der Waals surface area contributed by atoms with E-state index < -0.39 is 7.37 Å². The van der Waals surface area contributed by atoms with Crippen molar-refractivity contribution in [1.29, 1.82) is 0 Å². The molecule has 3 N–H and O–H groups in total. The minimum Gasteiger partial charge on any atom is -0.495 e. The van der Waals surface area contributed by atoms with Gasteiger partial charge in [-0.1, -0.05) is 13.0 Å². The Morgan fingerprint density at radius 2 is 2.19 bits per heavy atom. The minimum atomic E-state index is -2.95. The van der Waals surface area contributed by atoms with Crippen molar-refractivity contribution in [2.24, 2.45) is 0 Å². The van der Waals surface area contributed by atoms with Gasteiger partial charge in [0.15, 0.2) is 0 Å². The number of hydrogen-bond donors (Lipinski definition) is 2. The molecule has 1 rings (SSSR count). The lowest BCUT2D eigenvalue weighted by molar-refractivity contribution is 0.416. The summed E-state index contributed by atoms with van der Waals surface area (Å²) in [4.78, 5) is 9.47. The minimum absolute atomic E-state index is 0.302. The third-order valence-electron chi connectivity index (χ3n) is 2.54. The van der Waals surface area contributed by atoms with Gasteiger partial charge >= 0.3 is 0 Å². The van der Waals surface area contributed by atoms with Gasteiger partial charge < -0.3 is 15.4 Å². The van der Waals surface area contributed by atoms with E-state index in [0.717, 1.165) is 5.56 Å². The van der Waals surface area contributed by atoms with Gasteiger partial charge in [0.1, 0.15) is 5.75 Å². The highest BCUT2D eigenvalue weighted by atomic mass is 31.2. The molecule has 0 heterocycles. The summed E-state index contributed by atoms with van der Waals surface area (Å²) >= 11 is 0. The van der Waals surface area contributed by atoms with Crippen molar-refractivity contribution in [2.75, 3.05) is 25.2 Å². The second kappa shape index (κ2) is 5.37. The monoisotopic (exact) mass is 243 g/mol. The zero-order valence-electron chi connectivity index (χ0n) is 9.64. The molecule has 0 saturated heterocycles. The standard InChI is InChI=1S/C11H18NO3P/c1-3-16(13,14)7-6-9-4-5-10(12)11(8-9)15-2/h4-5,8H,3,6-7,12H2,1-2H3,(H,13,14). The Balaban J connectivity index is 2.72. The molecular weight excluding hydrogens is 225 g/mol. The van der Waals surface area contributed by atoms with E-state index in [-0.39, 0.29) is 0 Å². The first-order valence-corrected chi connectivity index (χ1v) is 7.24. The van der Waals surface area contributed by atoms with Crippen LogP contribution in [0.1, 0.15) is 12.5 Å². The summed E-state index contributed by atoms with van der Waals surface area (Å²) < 4.78 is 16.6. The third-order valence-corrected chi connectivity index (χ3v) is 4.45. The average Bonchev–Trinajstić information content (AvgIpc) is 2.28. The van der Waals surface area contributed by atoms with Crippen LogP contribution < -0.4 is 10.5 Å². The maximum absolute atomic E-state index is 11.5. The molecule has 4 nitrogen and oxygen atoms in total. The number of hydrogen-bond acceptors (Lipinski definition) is 3. The van der Waals surface area contributed by atoms with Gasteiger partial charge in [-0.15, -0.1) is 0 Å². The fourth-order valence-corrected chi connectivity index (χ4v) is 2.30.